The highest BCUT2D eigenvalue weighted by Crippen LogP contribution is 2.41. The molecular weight excluding hydrogens is 439 g/mol. The highest BCUT2D eigenvalue weighted by atomic mass is 35.5. The number of hydrogen-bond acceptors (Lipinski definition) is 4. The van der Waals surface area contributed by atoms with Crippen LogP contribution in [0.2, 0.25) is 5.02 Å². The number of pyridine rings is 1. The van der Waals surface area contributed by atoms with Crippen LogP contribution >= 0.6 is 24.0 Å². The fourth-order valence-electron chi connectivity index (χ4n) is 4.69. The number of urea groups is 1. The molecule has 166 valence electrons. The van der Waals surface area contributed by atoms with Crippen molar-refractivity contribution in [3.8, 4) is 0 Å². The SMILES string of the molecule is Cl.NCC1(c2cccc(Cl)c2)CCC(N2CCN(c3cccc(C(=O)O)n3)C2=O)CC1. The summed E-state index contributed by atoms with van der Waals surface area (Å²) in [6.07, 6.45) is 3.52. The van der Waals surface area contributed by atoms with Gasteiger partial charge in [-0.3, -0.25) is 4.90 Å². The average molecular weight is 465 g/mol. The van der Waals surface area contributed by atoms with Gasteiger partial charge in [-0.05, 0) is 55.5 Å². The van der Waals surface area contributed by atoms with Crippen molar-refractivity contribution in [3.63, 3.8) is 0 Å². The topological polar surface area (TPSA) is 99.8 Å². The number of halogens is 2. The Labute approximate surface area is 192 Å². The van der Waals surface area contributed by atoms with E-state index in [2.05, 4.69) is 11.1 Å². The molecule has 3 N–H and O–H groups in total. The lowest BCUT2D eigenvalue weighted by Crippen LogP contribution is -2.47. The van der Waals surface area contributed by atoms with E-state index in [-0.39, 0.29) is 35.6 Å². The molecule has 31 heavy (non-hydrogen) atoms. The minimum Gasteiger partial charge on any atom is -0.477 e. The summed E-state index contributed by atoms with van der Waals surface area (Å²) in [5, 5.41) is 9.87. The molecule has 0 unspecified atom stereocenters. The molecule has 2 heterocycles. The maximum absolute atomic E-state index is 13.1. The summed E-state index contributed by atoms with van der Waals surface area (Å²) in [4.78, 5) is 31.8. The van der Waals surface area contributed by atoms with E-state index < -0.39 is 5.97 Å². The number of aromatic carboxylic acids is 1. The standard InChI is InChI=1S/C22H25ClN4O3.ClH/c23-16-4-1-3-15(13-16)22(14-24)9-7-17(8-10-22)26-11-12-27(21(26)30)19-6-2-5-18(25-19)20(28)29;/h1-6,13,17H,7-12,14,24H2,(H,28,29);1H. The summed E-state index contributed by atoms with van der Waals surface area (Å²) in [5.41, 5.74) is 7.19. The van der Waals surface area contributed by atoms with E-state index >= 15 is 0 Å². The molecule has 2 fully saturated rings. The van der Waals surface area contributed by atoms with E-state index in [1.165, 1.54) is 11.6 Å². The third-order valence-electron chi connectivity index (χ3n) is 6.45. The van der Waals surface area contributed by atoms with Gasteiger partial charge in [0, 0.05) is 36.1 Å². The Morgan fingerprint density at radius 2 is 1.90 bits per heavy atom. The molecule has 1 aliphatic carbocycles. The van der Waals surface area contributed by atoms with Crippen LogP contribution in [0.4, 0.5) is 10.6 Å². The molecule has 7 nitrogen and oxygen atoms in total. The average Bonchev–Trinajstić information content (AvgIpc) is 3.15. The number of nitrogens with two attached hydrogens (primary N) is 1. The van der Waals surface area contributed by atoms with Gasteiger partial charge in [0.05, 0.1) is 0 Å². The lowest BCUT2D eigenvalue weighted by molar-refractivity contribution is 0.0690. The van der Waals surface area contributed by atoms with Crippen molar-refractivity contribution in [2.45, 2.75) is 37.1 Å². The van der Waals surface area contributed by atoms with Crippen LogP contribution in [0.5, 0.6) is 0 Å². The normalized spacial score (nSPS) is 23.5. The Morgan fingerprint density at radius 3 is 2.55 bits per heavy atom. The maximum Gasteiger partial charge on any atom is 0.354 e. The summed E-state index contributed by atoms with van der Waals surface area (Å²) < 4.78 is 0. The van der Waals surface area contributed by atoms with Crippen molar-refractivity contribution in [1.82, 2.24) is 9.88 Å². The van der Waals surface area contributed by atoms with Crippen LogP contribution in [0.3, 0.4) is 0 Å². The zero-order valence-corrected chi connectivity index (χ0v) is 18.6. The number of rotatable bonds is 5. The first-order chi connectivity index (χ1) is 14.4. The van der Waals surface area contributed by atoms with E-state index in [0.717, 1.165) is 25.7 Å². The molecule has 0 atom stereocenters. The van der Waals surface area contributed by atoms with Crippen molar-refractivity contribution in [1.29, 1.82) is 0 Å². The third-order valence-corrected chi connectivity index (χ3v) is 6.69. The number of amides is 2. The molecule has 0 radical (unpaired) electrons. The lowest BCUT2D eigenvalue weighted by atomic mass is 9.68. The van der Waals surface area contributed by atoms with Gasteiger partial charge in [0.1, 0.15) is 5.82 Å². The molecule has 4 rings (SSSR count). The Kier molecular flexibility index (Phi) is 7.09. The second-order valence-corrected chi connectivity index (χ2v) is 8.48. The van der Waals surface area contributed by atoms with Gasteiger partial charge in [0.25, 0.3) is 0 Å². The van der Waals surface area contributed by atoms with Gasteiger partial charge < -0.3 is 15.7 Å². The molecule has 1 aromatic carbocycles. The van der Waals surface area contributed by atoms with E-state index in [1.54, 1.807) is 17.0 Å². The molecule has 1 aliphatic heterocycles. The van der Waals surface area contributed by atoms with Crippen molar-refractivity contribution in [3.05, 3.63) is 58.7 Å². The number of aromatic nitrogens is 1. The first kappa shape index (κ1) is 23.3. The van der Waals surface area contributed by atoms with Gasteiger partial charge in [-0.15, -0.1) is 12.4 Å². The Morgan fingerprint density at radius 1 is 1.19 bits per heavy atom. The summed E-state index contributed by atoms with van der Waals surface area (Å²) in [6.45, 7) is 1.66. The van der Waals surface area contributed by atoms with E-state index in [0.29, 0.717) is 30.5 Å². The summed E-state index contributed by atoms with van der Waals surface area (Å²) in [7, 11) is 0. The van der Waals surface area contributed by atoms with Gasteiger partial charge in [0.15, 0.2) is 5.69 Å². The van der Waals surface area contributed by atoms with Gasteiger partial charge in [-0.2, -0.15) is 0 Å². The third kappa shape index (κ3) is 4.49. The van der Waals surface area contributed by atoms with E-state index in [9.17, 15) is 9.59 Å². The molecule has 9 heteroatoms. The van der Waals surface area contributed by atoms with E-state index in [4.69, 9.17) is 22.4 Å². The molecule has 2 amide bonds. The fraction of sp³-hybridized carbons (Fsp3) is 0.409. The molecule has 2 aromatic rings. The number of hydrogen-bond donors (Lipinski definition) is 2. The first-order valence-corrected chi connectivity index (χ1v) is 10.6. The van der Waals surface area contributed by atoms with Crippen LogP contribution in [-0.2, 0) is 5.41 Å². The summed E-state index contributed by atoms with van der Waals surface area (Å²) in [5.74, 6) is -0.722. The van der Waals surface area contributed by atoms with Gasteiger partial charge in [-0.1, -0.05) is 29.8 Å². The Bertz CT molecular complexity index is 963. The first-order valence-electron chi connectivity index (χ1n) is 10.2. The molecular formula is C22H26Cl2N4O3. The van der Waals surface area contributed by atoms with Crippen LogP contribution in [0.25, 0.3) is 0 Å². The van der Waals surface area contributed by atoms with Crippen LogP contribution in [0.15, 0.2) is 42.5 Å². The van der Waals surface area contributed by atoms with Gasteiger partial charge in [-0.25, -0.2) is 14.6 Å². The second kappa shape index (κ2) is 9.42. The largest absolute Gasteiger partial charge is 0.477 e. The maximum atomic E-state index is 13.1. The summed E-state index contributed by atoms with van der Waals surface area (Å²) >= 11 is 6.20. The number of anilines is 1. The number of nitrogens with zero attached hydrogens (tertiary/aromatic N) is 3. The van der Waals surface area contributed by atoms with Gasteiger partial charge in [0.2, 0.25) is 0 Å². The lowest BCUT2D eigenvalue weighted by Gasteiger charge is -2.42. The summed E-state index contributed by atoms with van der Waals surface area (Å²) in [6, 6.07) is 12.7. The quantitative estimate of drug-likeness (QED) is 0.697. The molecule has 2 aliphatic rings. The van der Waals surface area contributed by atoms with Crippen molar-refractivity contribution < 1.29 is 14.7 Å². The highest BCUT2D eigenvalue weighted by molar-refractivity contribution is 6.30. The number of benzene rings is 1. The number of carboxylic acids is 1. The fourth-order valence-corrected chi connectivity index (χ4v) is 4.88. The molecule has 0 bridgehead atoms. The van der Waals surface area contributed by atoms with Crippen molar-refractivity contribution in [2.75, 3.05) is 24.5 Å². The number of carbonyl (C=O) groups is 2. The molecule has 1 saturated heterocycles. The highest BCUT2D eigenvalue weighted by Gasteiger charge is 2.41. The minimum atomic E-state index is -1.10. The Hall–Kier alpha value is -2.35. The molecule has 0 spiro atoms. The zero-order chi connectivity index (χ0) is 21.3. The van der Waals surface area contributed by atoms with Crippen LogP contribution < -0.4 is 10.6 Å². The number of carbonyl (C=O) groups excluding carboxylic acids is 1. The van der Waals surface area contributed by atoms with Crippen LogP contribution in [-0.4, -0.2) is 52.7 Å². The monoisotopic (exact) mass is 464 g/mol. The smallest absolute Gasteiger partial charge is 0.354 e. The minimum absolute atomic E-state index is 0. The number of carboxylic acid groups (broad SMARTS) is 1. The molecule has 1 saturated carbocycles. The molecule has 1 aromatic heterocycles. The predicted molar refractivity (Wildman–Crippen MR) is 122 cm³/mol. The van der Waals surface area contributed by atoms with Crippen LogP contribution in [0, 0.1) is 0 Å². The zero-order valence-electron chi connectivity index (χ0n) is 17.0. The second-order valence-electron chi connectivity index (χ2n) is 8.04. The van der Waals surface area contributed by atoms with Crippen LogP contribution in [0.1, 0.15) is 41.7 Å². The van der Waals surface area contributed by atoms with Crippen molar-refractivity contribution in [2.24, 2.45) is 5.73 Å². The van der Waals surface area contributed by atoms with Crippen molar-refractivity contribution >= 4 is 41.8 Å². The predicted octanol–water partition coefficient (Wildman–Crippen LogP) is 3.94. The van der Waals surface area contributed by atoms with Gasteiger partial charge >= 0.3 is 12.0 Å². The Balaban J connectivity index is 0.00000272. The van der Waals surface area contributed by atoms with E-state index in [1.807, 2.05) is 23.1 Å².